The molecule has 2 unspecified atom stereocenters. The molecular formula is C15H22N2O3. The van der Waals surface area contributed by atoms with Crippen molar-refractivity contribution < 1.29 is 10.0 Å². The lowest BCUT2D eigenvalue weighted by Gasteiger charge is -2.17. The fourth-order valence-corrected chi connectivity index (χ4v) is 2.99. The van der Waals surface area contributed by atoms with Crippen LogP contribution >= 0.6 is 0 Å². The highest BCUT2D eigenvalue weighted by Crippen LogP contribution is 2.30. The Kier molecular flexibility index (Phi) is 5.09. The molecule has 0 amide bonds. The molecule has 1 aromatic rings. The number of hydrogen-bond acceptors (Lipinski definition) is 4. The number of rotatable bonds is 6. The molecule has 0 bridgehead atoms. The van der Waals surface area contributed by atoms with Gasteiger partial charge in [-0.2, -0.15) is 0 Å². The van der Waals surface area contributed by atoms with E-state index in [0.29, 0.717) is 23.9 Å². The van der Waals surface area contributed by atoms with Crippen LogP contribution in [-0.2, 0) is 6.54 Å². The van der Waals surface area contributed by atoms with Crippen molar-refractivity contribution in [1.29, 1.82) is 0 Å². The Morgan fingerprint density at radius 1 is 1.40 bits per heavy atom. The molecule has 1 fully saturated rings. The number of aliphatic hydroxyl groups excluding tert-OH is 1. The van der Waals surface area contributed by atoms with Crippen molar-refractivity contribution in [3.8, 4) is 0 Å². The Morgan fingerprint density at radius 2 is 2.15 bits per heavy atom. The Labute approximate surface area is 119 Å². The highest BCUT2D eigenvalue weighted by molar-refractivity contribution is 5.42. The third-order valence-corrected chi connectivity index (χ3v) is 4.26. The molecule has 1 aromatic carbocycles. The van der Waals surface area contributed by atoms with Crippen LogP contribution in [0, 0.1) is 28.9 Å². The summed E-state index contributed by atoms with van der Waals surface area (Å²) in [5.74, 6) is 0.940. The first kappa shape index (κ1) is 14.9. The summed E-state index contributed by atoms with van der Waals surface area (Å²) < 4.78 is 0. The summed E-state index contributed by atoms with van der Waals surface area (Å²) in [7, 11) is 0. The third-order valence-electron chi connectivity index (χ3n) is 4.26. The standard InChI is InChI=1S/C15H22N2O3/c1-11-5-6-12(7-15(11)17(19)20)8-16-9-13-3-2-4-14(13)10-18/h5-7,13-14,16,18H,2-4,8-10H2,1H3. The molecule has 2 N–H and O–H groups in total. The highest BCUT2D eigenvalue weighted by Gasteiger charge is 2.25. The van der Waals surface area contributed by atoms with E-state index in [9.17, 15) is 15.2 Å². The summed E-state index contributed by atoms with van der Waals surface area (Å²) in [6.45, 7) is 3.52. The van der Waals surface area contributed by atoms with Gasteiger partial charge in [0.25, 0.3) is 5.69 Å². The van der Waals surface area contributed by atoms with Crippen LogP contribution < -0.4 is 5.32 Å². The molecule has 2 atom stereocenters. The van der Waals surface area contributed by atoms with Gasteiger partial charge in [-0.1, -0.05) is 18.6 Å². The summed E-state index contributed by atoms with van der Waals surface area (Å²) in [6, 6.07) is 5.36. The zero-order valence-corrected chi connectivity index (χ0v) is 11.8. The van der Waals surface area contributed by atoms with Crippen molar-refractivity contribution in [2.24, 2.45) is 11.8 Å². The van der Waals surface area contributed by atoms with E-state index in [4.69, 9.17) is 0 Å². The lowest BCUT2D eigenvalue weighted by atomic mass is 9.97. The zero-order valence-electron chi connectivity index (χ0n) is 11.8. The van der Waals surface area contributed by atoms with Gasteiger partial charge >= 0.3 is 0 Å². The van der Waals surface area contributed by atoms with Crippen LogP contribution in [0.2, 0.25) is 0 Å². The predicted molar refractivity (Wildman–Crippen MR) is 77.5 cm³/mol. The SMILES string of the molecule is Cc1ccc(CNCC2CCCC2CO)cc1[N+](=O)[O-]. The molecule has 0 saturated heterocycles. The second-order valence-corrected chi connectivity index (χ2v) is 5.64. The van der Waals surface area contributed by atoms with E-state index in [-0.39, 0.29) is 17.2 Å². The molecule has 20 heavy (non-hydrogen) atoms. The average Bonchev–Trinajstić information content (AvgIpc) is 2.88. The lowest BCUT2D eigenvalue weighted by Crippen LogP contribution is -2.26. The van der Waals surface area contributed by atoms with E-state index in [1.807, 2.05) is 6.07 Å². The predicted octanol–water partition coefficient (Wildman–Crippen LogP) is 2.40. The van der Waals surface area contributed by atoms with Crippen molar-refractivity contribution in [2.45, 2.75) is 32.7 Å². The Hall–Kier alpha value is -1.46. The number of nitro groups is 1. The minimum Gasteiger partial charge on any atom is -0.396 e. The molecule has 0 radical (unpaired) electrons. The van der Waals surface area contributed by atoms with Crippen LogP contribution in [0.3, 0.4) is 0 Å². The molecule has 1 saturated carbocycles. The second kappa shape index (κ2) is 6.81. The fourth-order valence-electron chi connectivity index (χ4n) is 2.99. The molecule has 5 nitrogen and oxygen atoms in total. The van der Waals surface area contributed by atoms with E-state index in [2.05, 4.69) is 5.32 Å². The summed E-state index contributed by atoms with van der Waals surface area (Å²) in [6.07, 6.45) is 3.46. The van der Waals surface area contributed by atoms with E-state index >= 15 is 0 Å². The van der Waals surface area contributed by atoms with Gasteiger partial charge in [-0.15, -0.1) is 0 Å². The number of benzene rings is 1. The van der Waals surface area contributed by atoms with E-state index in [0.717, 1.165) is 24.9 Å². The van der Waals surface area contributed by atoms with Gasteiger partial charge in [0.1, 0.15) is 0 Å². The highest BCUT2D eigenvalue weighted by atomic mass is 16.6. The maximum atomic E-state index is 10.9. The Bertz CT molecular complexity index is 476. The van der Waals surface area contributed by atoms with Gasteiger partial charge in [0.15, 0.2) is 0 Å². The lowest BCUT2D eigenvalue weighted by molar-refractivity contribution is -0.385. The van der Waals surface area contributed by atoms with Crippen LogP contribution in [0.5, 0.6) is 0 Å². The molecule has 2 rings (SSSR count). The van der Waals surface area contributed by atoms with Crippen LogP contribution in [-0.4, -0.2) is 23.2 Å². The Balaban J connectivity index is 1.88. The maximum absolute atomic E-state index is 10.9. The minimum absolute atomic E-state index is 0.179. The number of nitrogens with one attached hydrogen (secondary N) is 1. The first-order valence-corrected chi connectivity index (χ1v) is 7.17. The van der Waals surface area contributed by atoms with E-state index < -0.39 is 0 Å². The monoisotopic (exact) mass is 278 g/mol. The van der Waals surface area contributed by atoms with Crippen LogP contribution in [0.15, 0.2) is 18.2 Å². The molecule has 1 aliphatic carbocycles. The second-order valence-electron chi connectivity index (χ2n) is 5.64. The van der Waals surface area contributed by atoms with Crippen molar-refractivity contribution in [2.75, 3.05) is 13.2 Å². The summed E-state index contributed by atoms with van der Waals surface area (Å²) in [4.78, 5) is 10.6. The molecule has 0 heterocycles. The van der Waals surface area contributed by atoms with Gasteiger partial charge in [0.05, 0.1) is 4.92 Å². The fraction of sp³-hybridized carbons (Fsp3) is 0.600. The van der Waals surface area contributed by atoms with Gasteiger partial charge < -0.3 is 10.4 Å². The van der Waals surface area contributed by atoms with Crippen molar-refractivity contribution in [3.63, 3.8) is 0 Å². The summed E-state index contributed by atoms with van der Waals surface area (Å²) in [5.41, 5.74) is 1.80. The van der Waals surface area contributed by atoms with Gasteiger partial charge in [-0.05, 0) is 43.7 Å². The number of aliphatic hydroxyl groups is 1. The van der Waals surface area contributed by atoms with Gasteiger partial charge in [-0.3, -0.25) is 10.1 Å². The van der Waals surface area contributed by atoms with Crippen LogP contribution in [0.1, 0.15) is 30.4 Å². The third kappa shape index (κ3) is 3.55. The smallest absolute Gasteiger partial charge is 0.272 e. The first-order valence-electron chi connectivity index (χ1n) is 7.17. The van der Waals surface area contributed by atoms with Crippen molar-refractivity contribution in [1.82, 2.24) is 5.32 Å². The van der Waals surface area contributed by atoms with E-state index in [1.165, 1.54) is 6.42 Å². The average molecular weight is 278 g/mol. The van der Waals surface area contributed by atoms with Crippen LogP contribution in [0.25, 0.3) is 0 Å². The number of aryl methyl sites for hydroxylation is 1. The minimum atomic E-state index is -0.336. The first-order chi connectivity index (χ1) is 9.61. The molecular weight excluding hydrogens is 256 g/mol. The topological polar surface area (TPSA) is 75.4 Å². The number of nitrogens with zero attached hydrogens (tertiary/aromatic N) is 1. The summed E-state index contributed by atoms with van der Waals surface area (Å²) >= 11 is 0. The molecule has 0 aliphatic heterocycles. The molecule has 1 aliphatic rings. The van der Waals surface area contributed by atoms with Crippen molar-refractivity contribution >= 4 is 5.69 Å². The molecule has 110 valence electrons. The molecule has 5 heteroatoms. The number of hydrogen-bond donors (Lipinski definition) is 2. The van der Waals surface area contributed by atoms with Crippen molar-refractivity contribution in [3.05, 3.63) is 39.4 Å². The van der Waals surface area contributed by atoms with Gasteiger partial charge in [0.2, 0.25) is 0 Å². The van der Waals surface area contributed by atoms with E-state index in [1.54, 1.807) is 19.1 Å². The normalized spacial score (nSPS) is 22.1. The molecule has 0 aromatic heterocycles. The molecule has 0 spiro atoms. The van der Waals surface area contributed by atoms with Gasteiger partial charge in [0, 0.05) is 24.8 Å². The zero-order chi connectivity index (χ0) is 14.5. The maximum Gasteiger partial charge on any atom is 0.272 e. The quantitative estimate of drug-likeness (QED) is 0.619. The van der Waals surface area contributed by atoms with Gasteiger partial charge in [-0.25, -0.2) is 0 Å². The Morgan fingerprint density at radius 3 is 2.85 bits per heavy atom. The summed E-state index contributed by atoms with van der Waals surface area (Å²) in [5, 5.41) is 23.5. The number of nitro benzene ring substituents is 1. The van der Waals surface area contributed by atoms with Crippen LogP contribution in [0.4, 0.5) is 5.69 Å². The largest absolute Gasteiger partial charge is 0.396 e.